The van der Waals surface area contributed by atoms with E-state index < -0.39 is 0 Å². The third-order valence-corrected chi connectivity index (χ3v) is 3.90. The maximum atomic E-state index is 12.3. The first-order valence-corrected chi connectivity index (χ1v) is 8.55. The zero-order valence-electron chi connectivity index (χ0n) is 15.0. The van der Waals surface area contributed by atoms with Crippen molar-refractivity contribution in [2.75, 3.05) is 22.5 Å². The number of aryl methyl sites for hydroxylation is 2. The number of carbonyl (C=O) groups is 2. The van der Waals surface area contributed by atoms with E-state index in [0.717, 1.165) is 35.3 Å². The summed E-state index contributed by atoms with van der Waals surface area (Å²) in [5.74, 6) is -0.223. The Labute approximate surface area is 148 Å². The molecule has 0 aromatic heterocycles. The molecule has 25 heavy (non-hydrogen) atoms. The molecule has 132 valence electrons. The molecule has 2 amide bonds. The summed E-state index contributed by atoms with van der Waals surface area (Å²) in [6.45, 7) is 5.78. The highest BCUT2D eigenvalue weighted by Gasteiger charge is 2.10. The van der Waals surface area contributed by atoms with Crippen molar-refractivity contribution in [1.29, 1.82) is 0 Å². The highest BCUT2D eigenvalue weighted by molar-refractivity contribution is 5.95. The number of hydrogen-bond acceptors (Lipinski definition) is 3. The number of para-hydroxylation sites is 1. The maximum Gasteiger partial charge on any atom is 0.243 e. The minimum absolute atomic E-state index is 0.0967. The van der Waals surface area contributed by atoms with Crippen molar-refractivity contribution >= 4 is 28.9 Å². The fourth-order valence-corrected chi connectivity index (χ4v) is 2.68. The van der Waals surface area contributed by atoms with Gasteiger partial charge in [-0.05, 0) is 42.2 Å². The molecule has 0 bridgehead atoms. The predicted octanol–water partition coefficient (Wildman–Crippen LogP) is 3.82. The first kappa shape index (κ1) is 18.5. The van der Waals surface area contributed by atoms with Crippen molar-refractivity contribution in [2.45, 2.75) is 33.6 Å². The molecule has 0 aliphatic heterocycles. The third-order valence-electron chi connectivity index (χ3n) is 3.90. The second-order valence-electron chi connectivity index (χ2n) is 5.82. The van der Waals surface area contributed by atoms with Crippen LogP contribution in [0.4, 0.5) is 17.1 Å². The highest BCUT2D eigenvalue weighted by Crippen LogP contribution is 2.22. The van der Waals surface area contributed by atoms with Crippen LogP contribution in [0, 0.1) is 0 Å². The number of carbonyl (C=O) groups excluding carboxylic acids is 2. The molecule has 0 atom stereocenters. The van der Waals surface area contributed by atoms with Gasteiger partial charge >= 0.3 is 0 Å². The van der Waals surface area contributed by atoms with E-state index in [1.807, 2.05) is 30.3 Å². The summed E-state index contributed by atoms with van der Waals surface area (Å²) in [4.78, 5) is 23.5. The number of benzene rings is 2. The highest BCUT2D eigenvalue weighted by atomic mass is 16.2. The van der Waals surface area contributed by atoms with E-state index in [4.69, 9.17) is 0 Å². The van der Waals surface area contributed by atoms with Crippen LogP contribution in [0.2, 0.25) is 0 Å². The summed E-state index contributed by atoms with van der Waals surface area (Å²) in [5, 5.41) is 8.84. The van der Waals surface area contributed by atoms with Gasteiger partial charge in [0.05, 0.1) is 6.54 Å². The molecule has 2 aromatic carbocycles. The van der Waals surface area contributed by atoms with Gasteiger partial charge in [0, 0.05) is 24.0 Å². The Morgan fingerprint density at radius 2 is 1.48 bits per heavy atom. The van der Waals surface area contributed by atoms with Crippen LogP contribution in [0.15, 0.2) is 42.5 Å². The Morgan fingerprint density at radius 3 is 2.08 bits per heavy atom. The lowest BCUT2D eigenvalue weighted by Crippen LogP contribution is -2.23. The lowest BCUT2D eigenvalue weighted by atomic mass is 10.0. The Hall–Kier alpha value is -2.82. The number of nitrogens with one attached hydrogen (secondary N) is 3. The van der Waals surface area contributed by atoms with E-state index in [0.29, 0.717) is 5.69 Å². The van der Waals surface area contributed by atoms with Gasteiger partial charge in [0.2, 0.25) is 11.8 Å². The molecule has 0 radical (unpaired) electrons. The Morgan fingerprint density at radius 1 is 0.880 bits per heavy atom. The molecule has 0 fully saturated rings. The molecule has 0 aliphatic rings. The Kier molecular flexibility index (Phi) is 6.57. The standard InChI is InChI=1S/C20H25N3O2/c1-4-15-8-6-9-16(5-2)20(15)23-19(25)13-21-17-10-7-11-18(12-17)22-14(3)24/h6-12,21H,4-5,13H2,1-3H3,(H,22,24)(H,23,25). The topological polar surface area (TPSA) is 70.2 Å². The largest absolute Gasteiger partial charge is 0.376 e. The van der Waals surface area contributed by atoms with Gasteiger partial charge in [0.25, 0.3) is 0 Å². The smallest absolute Gasteiger partial charge is 0.243 e. The van der Waals surface area contributed by atoms with E-state index in [-0.39, 0.29) is 18.4 Å². The monoisotopic (exact) mass is 339 g/mol. The van der Waals surface area contributed by atoms with Crippen molar-refractivity contribution in [1.82, 2.24) is 0 Å². The minimum Gasteiger partial charge on any atom is -0.376 e. The van der Waals surface area contributed by atoms with E-state index in [9.17, 15) is 9.59 Å². The lowest BCUT2D eigenvalue weighted by Gasteiger charge is -2.15. The summed E-state index contributed by atoms with van der Waals surface area (Å²) in [6, 6.07) is 13.4. The van der Waals surface area contributed by atoms with Crippen molar-refractivity contribution in [3.63, 3.8) is 0 Å². The second kappa shape index (κ2) is 8.87. The SMILES string of the molecule is CCc1cccc(CC)c1NC(=O)CNc1cccc(NC(C)=O)c1. The van der Waals surface area contributed by atoms with Crippen molar-refractivity contribution < 1.29 is 9.59 Å². The summed E-state index contributed by atoms with van der Waals surface area (Å²) in [7, 11) is 0. The molecule has 0 spiro atoms. The molecule has 3 N–H and O–H groups in total. The minimum atomic E-state index is -0.127. The normalized spacial score (nSPS) is 10.2. The number of rotatable bonds is 7. The molecule has 0 heterocycles. The quantitative estimate of drug-likeness (QED) is 0.718. The summed E-state index contributed by atoms with van der Waals surface area (Å²) < 4.78 is 0. The van der Waals surface area contributed by atoms with Crippen LogP contribution in [0.1, 0.15) is 31.9 Å². The zero-order chi connectivity index (χ0) is 18.2. The number of hydrogen-bond donors (Lipinski definition) is 3. The summed E-state index contributed by atoms with van der Waals surface area (Å²) in [5.41, 5.74) is 4.68. The predicted molar refractivity (Wildman–Crippen MR) is 103 cm³/mol. The Bertz CT molecular complexity index is 734. The third kappa shape index (κ3) is 5.35. The van der Waals surface area contributed by atoms with Crippen LogP contribution in [0.3, 0.4) is 0 Å². The van der Waals surface area contributed by atoms with E-state index in [1.54, 1.807) is 12.1 Å². The molecule has 2 aromatic rings. The fourth-order valence-electron chi connectivity index (χ4n) is 2.68. The van der Waals surface area contributed by atoms with Crippen LogP contribution in [0.5, 0.6) is 0 Å². The van der Waals surface area contributed by atoms with Gasteiger partial charge in [-0.1, -0.05) is 38.1 Å². The molecule has 0 saturated carbocycles. The van der Waals surface area contributed by atoms with Gasteiger partial charge in [0.1, 0.15) is 0 Å². The molecule has 2 rings (SSSR count). The van der Waals surface area contributed by atoms with Crippen LogP contribution >= 0.6 is 0 Å². The maximum absolute atomic E-state index is 12.3. The van der Waals surface area contributed by atoms with E-state index in [2.05, 4.69) is 29.8 Å². The second-order valence-corrected chi connectivity index (χ2v) is 5.82. The Balaban J connectivity index is 2.01. The summed E-state index contributed by atoms with van der Waals surface area (Å²) >= 11 is 0. The first-order chi connectivity index (χ1) is 12.0. The van der Waals surface area contributed by atoms with Crippen molar-refractivity contribution in [2.24, 2.45) is 0 Å². The molecule has 0 aliphatic carbocycles. The lowest BCUT2D eigenvalue weighted by molar-refractivity contribution is -0.115. The van der Waals surface area contributed by atoms with E-state index in [1.165, 1.54) is 6.92 Å². The number of anilines is 3. The average Bonchev–Trinajstić information content (AvgIpc) is 2.60. The van der Waals surface area contributed by atoms with Crippen molar-refractivity contribution in [3.05, 3.63) is 53.6 Å². The zero-order valence-corrected chi connectivity index (χ0v) is 15.0. The van der Waals surface area contributed by atoms with Gasteiger partial charge in [-0.3, -0.25) is 9.59 Å². The molecular weight excluding hydrogens is 314 g/mol. The van der Waals surface area contributed by atoms with E-state index >= 15 is 0 Å². The fraction of sp³-hybridized carbons (Fsp3) is 0.300. The van der Waals surface area contributed by atoms with Gasteiger partial charge in [-0.2, -0.15) is 0 Å². The van der Waals surface area contributed by atoms with Crippen LogP contribution < -0.4 is 16.0 Å². The van der Waals surface area contributed by atoms with Gasteiger partial charge in [-0.15, -0.1) is 0 Å². The van der Waals surface area contributed by atoms with Gasteiger partial charge in [-0.25, -0.2) is 0 Å². The molecule has 0 saturated heterocycles. The van der Waals surface area contributed by atoms with Gasteiger partial charge < -0.3 is 16.0 Å². The van der Waals surface area contributed by atoms with Crippen LogP contribution in [-0.4, -0.2) is 18.4 Å². The number of amides is 2. The van der Waals surface area contributed by atoms with Crippen LogP contribution in [-0.2, 0) is 22.4 Å². The van der Waals surface area contributed by atoms with Crippen LogP contribution in [0.25, 0.3) is 0 Å². The van der Waals surface area contributed by atoms with Gasteiger partial charge in [0.15, 0.2) is 0 Å². The first-order valence-electron chi connectivity index (χ1n) is 8.55. The molecule has 5 heteroatoms. The molecule has 0 unspecified atom stereocenters. The summed E-state index contributed by atoms with van der Waals surface area (Å²) in [6.07, 6.45) is 1.74. The molecular formula is C20H25N3O2. The van der Waals surface area contributed by atoms with Crippen molar-refractivity contribution in [3.8, 4) is 0 Å². The molecule has 5 nitrogen and oxygen atoms in total. The average molecular weight is 339 g/mol.